The van der Waals surface area contributed by atoms with Crippen molar-refractivity contribution in [3.8, 4) is 5.75 Å². The summed E-state index contributed by atoms with van der Waals surface area (Å²) in [5.41, 5.74) is 1.40. The molecule has 0 N–H and O–H groups in total. The molecular formula is C20H34O3. The Labute approximate surface area is 142 Å². The largest absolute Gasteiger partial charge is 0.491 e. The zero-order valence-electron chi connectivity index (χ0n) is 15.0. The molecule has 1 aromatic carbocycles. The minimum atomic E-state index is 0.586. The van der Waals surface area contributed by atoms with E-state index in [0.717, 1.165) is 12.4 Å². The van der Waals surface area contributed by atoms with E-state index in [9.17, 15) is 0 Å². The molecule has 0 aliphatic rings. The third-order valence-corrected chi connectivity index (χ3v) is 3.81. The molecule has 0 saturated heterocycles. The first-order chi connectivity index (χ1) is 11.4. The van der Waals surface area contributed by atoms with Crippen molar-refractivity contribution in [2.24, 2.45) is 0 Å². The molecule has 23 heavy (non-hydrogen) atoms. The first-order valence-corrected chi connectivity index (χ1v) is 9.24. The van der Waals surface area contributed by atoms with Gasteiger partial charge in [0.25, 0.3) is 0 Å². The third kappa shape index (κ3) is 11.2. The van der Waals surface area contributed by atoms with Gasteiger partial charge in [0.2, 0.25) is 0 Å². The first kappa shape index (κ1) is 20.0. The van der Waals surface area contributed by atoms with Crippen molar-refractivity contribution in [3.63, 3.8) is 0 Å². The minimum Gasteiger partial charge on any atom is -0.491 e. The van der Waals surface area contributed by atoms with Gasteiger partial charge < -0.3 is 14.2 Å². The quantitative estimate of drug-likeness (QED) is 0.424. The zero-order chi connectivity index (χ0) is 16.6. The maximum atomic E-state index is 5.67. The molecule has 0 saturated carbocycles. The molecule has 0 radical (unpaired) electrons. The highest BCUT2D eigenvalue weighted by Gasteiger charge is 1.97. The monoisotopic (exact) mass is 322 g/mol. The van der Waals surface area contributed by atoms with E-state index >= 15 is 0 Å². The third-order valence-electron chi connectivity index (χ3n) is 3.81. The van der Waals surface area contributed by atoms with E-state index in [0.29, 0.717) is 26.4 Å². The zero-order valence-corrected chi connectivity index (χ0v) is 15.0. The van der Waals surface area contributed by atoms with E-state index in [1.165, 1.54) is 50.5 Å². The van der Waals surface area contributed by atoms with E-state index < -0.39 is 0 Å². The molecule has 0 spiro atoms. The molecule has 3 heteroatoms. The Hall–Kier alpha value is -1.06. The lowest BCUT2D eigenvalue weighted by molar-refractivity contribution is 0.0405. The van der Waals surface area contributed by atoms with Gasteiger partial charge >= 0.3 is 0 Å². The highest BCUT2D eigenvalue weighted by atomic mass is 16.5. The van der Waals surface area contributed by atoms with Crippen LogP contribution in [0.3, 0.4) is 0 Å². The number of ether oxygens (including phenoxy) is 3. The second-order valence-corrected chi connectivity index (χ2v) is 5.82. The van der Waals surface area contributed by atoms with Crippen LogP contribution < -0.4 is 4.74 Å². The summed E-state index contributed by atoms with van der Waals surface area (Å²) >= 11 is 0. The molecule has 1 rings (SSSR count). The SMILES string of the molecule is CCCCCCCCc1ccc(OCCOCCOCC)cc1. The van der Waals surface area contributed by atoms with Crippen LogP contribution in [0.15, 0.2) is 24.3 Å². The van der Waals surface area contributed by atoms with Crippen molar-refractivity contribution in [1.29, 1.82) is 0 Å². The molecule has 3 nitrogen and oxygen atoms in total. The van der Waals surface area contributed by atoms with E-state index in [4.69, 9.17) is 14.2 Å². The predicted molar refractivity (Wildman–Crippen MR) is 96.3 cm³/mol. The van der Waals surface area contributed by atoms with E-state index in [2.05, 4.69) is 31.2 Å². The molecule has 0 heterocycles. The smallest absolute Gasteiger partial charge is 0.119 e. The minimum absolute atomic E-state index is 0.586. The van der Waals surface area contributed by atoms with Gasteiger partial charge in [0.05, 0.1) is 19.8 Å². The lowest BCUT2D eigenvalue weighted by atomic mass is 10.0. The molecular weight excluding hydrogens is 288 g/mol. The Kier molecular flexibility index (Phi) is 12.6. The van der Waals surface area contributed by atoms with Gasteiger partial charge in [-0.1, -0.05) is 51.2 Å². The fourth-order valence-corrected chi connectivity index (χ4v) is 2.44. The van der Waals surface area contributed by atoms with Crippen LogP contribution in [0, 0.1) is 0 Å². The Morgan fingerprint density at radius 1 is 0.696 bits per heavy atom. The van der Waals surface area contributed by atoms with Crippen molar-refractivity contribution < 1.29 is 14.2 Å². The fraction of sp³-hybridized carbons (Fsp3) is 0.700. The topological polar surface area (TPSA) is 27.7 Å². The fourth-order valence-electron chi connectivity index (χ4n) is 2.44. The Morgan fingerprint density at radius 2 is 1.35 bits per heavy atom. The molecule has 132 valence electrons. The van der Waals surface area contributed by atoms with Crippen LogP contribution in [0.25, 0.3) is 0 Å². The molecule has 0 aliphatic heterocycles. The van der Waals surface area contributed by atoms with Gasteiger partial charge in [0.1, 0.15) is 12.4 Å². The van der Waals surface area contributed by atoms with Crippen LogP contribution in [0.5, 0.6) is 5.75 Å². The van der Waals surface area contributed by atoms with Crippen molar-refractivity contribution in [2.75, 3.05) is 33.0 Å². The van der Waals surface area contributed by atoms with Crippen LogP contribution >= 0.6 is 0 Å². The van der Waals surface area contributed by atoms with Crippen LogP contribution in [-0.4, -0.2) is 33.0 Å². The van der Waals surface area contributed by atoms with Crippen LogP contribution in [0.2, 0.25) is 0 Å². The number of aryl methyl sites for hydroxylation is 1. The van der Waals surface area contributed by atoms with Crippen molar-refractivity contribution in [3.05, 3.63) is 29.8 Å². The first-order valence-electron chi connectivity index (χ1n) is 9.24. The molecule has 0 unspecified atom stereocenters. The van der Waals surface area contributed by atoms with Gasteiger partial charge in [-0.25, -0.2) is 0 Å². The van der Waals surface area contributed by atoms with E-state index in [1.54, 1.807) is 0 Å². The molecule has 0 bridgehead atoms. The number of hydrogen-bond acceptors (Lipinski definition) is 3. The average Bonchev–Trinajstić information content (AvgIpc) is 2.58. The summed E-state index contributed by atoms with van der Waals surface area (Å²) in [6.07, 6.45) is 9.26. The van der Waals surface area contributed by atoms with E-state index in [-0.39, 0.29) is 0 Å². The Morgan fingerprint density at radius 3 is 2.09 bits per heavy atom. The van der Waals surface area contributed by atoms with Gasteiger partial charge in [0, 0.05) is 6.61 Å². The van der Waals surface area contributed by atoms with Gasteiger partial charge in [-0.3, -0.25) is 0 Å². The second kappa shape index (κ2) is 14.5. The summed E-state index contributed by atoms with van der Waals surface area (Å²) in [6.45, 7) is 7.47. The van der Waals surface area contributed by atoms with Crippen molar-refractivity contribution in [1.82, 2.24) is 0 Å². The average molecular weight is 322 g/mol. The summed E-state index contributed by atoms with van der Waals surface area (Å²) in [5, 5.41) is 0. The van der Waals surface area contributed by atoms with E-state index in [1.807, 2.05) is 6.92 Å². The highest BCUT2D eigenvalue weighted by Crippen LogP contribution is 2.15. The highest BCUT2D eigenvalue weighted by molar-refractivity contribution is 5.27. The van der Waals surface area contributed by atoms with Gasteiger partial charge in [-0.05, 0) is 37.5 Å². The van der Waals surface area contributed by atoms with Gasteiger partial charge in [0.15, 0.2) is 0 Å². The second-order valence-electron chi connectivity index (χ2n) is 5.82. The molecule has 0 aliphatic carbocycles. The van der Waals surface area contributed by atoms with Crippen LogP contribution in [-0.2, 0) is 15.9 Å². The number of benzene rings is 1. The molecule has 0 atom stereocenters. The molecule has 1 aromatic rings. The predicted octanol–water partition coefficient (Wildman–Crippen LogP) is 5.02. The van der Waals surface area contributed by atoms with Crippen LogP contribution in [0.1, 0.15) is 57.9 Å². The summed E-state index contributed by atoms with van der Waals surface area (Å²) in [5.74, 6) is 0.921. The molecule has 0 aromatic heterocycles. The maximum Gasteiger partial charge on any atom is 0.119 e. The number of hydrogen-bond donors (Lipinski definition) is 0. The lowest BCUT2D eigenvalue weighted by Gasteiger charge is -2.08. The maximum absolute atomic E-state index is 5.67. The molecule has 0 amide bonds. The van der Waals surface area contributed by atoms with Gasteiger partial charge in [-0.2, -0.15) is 0 Å². The normalized spacial score (nSPS) is 10.9. The van der Waals surface area contributed by atoms with Crippen molar-refractivity contribution in [2.45, 2.75) is 58.8 Å². The summed E-state index contributed by atoms with van der Waals surface area (Å²) in [7, 11) is 0. The van der Waals surface area contributed by atoms with Crippen molar-refractivity contribution >= 4 is 0 Å². The van der Waals surface area contributed by atoms with Crippen LogP contribution in [0.4, 0.5) is 0 Å². The number of unbranched alkanes of at least 4 members (excludes halogenated alkanes) is 5. The Balaban J connectivity index is 2.04. The summed E-state index contributed by atoms with van der Waals surface area (Å²) in [6, 6.07) is 8.48. The Bertz CT molecular complexity index is 362. The summed E-state index contributed by atoms with van der Waals surface area (Å²) < 4.78 is 16.3. The standard InChI is InChI=1S/C20H34O3/c1-3-5-6-7-8-9-10-19-11-13-20(14-12-19)23-18-17-22-16-15-21-4-2/h11-14H,3-10,15-18H2,1-2H3. The number of rotatable bonds is 15. The summed E-state index contributed by atoms with van der Waals surface area (Å²) in [4.78, 5) is 0. The van der Waals surface area contributed by atoms with Gasteiger partial charge in [-0.15, -0.1) is 0 Å². The molecule has 0 fully saturated rings. The lowest BCUT2D eigenvalue weighted by Crippen LogP contribution is -2.10.